The number of hydrogen-bond acceptors (Lipinski definition) is 2. The van der Waals surface area contributed by atoms with Gasteiger partial charge in [-0.2, -0.15) is 0 Å². The van der Waals surface area contributed by atoms with Crippen LogP contribution < -0.4 is 5.32 Å². The molecule has 0 radical (unpaired) electrons. The van der Waals surface area contributed by atoms with E-state index in [0.717, 1.165) is 6.54 Å². The van der Waals surface area contributed by atoms with E-state index in [1.807, 2.05) is 12.4 Å². The Bertz CT molecular complexity index is 303. The Hall–Kier alpha value is -0.890. The summed E-state index contributed by atoms with van der Waals surface area (Å²) in [6.07, 6.45) is 6.42. The Kier molecular flexibility index (Phi) is 2.08. The number of nitrogens with one attached hydrogen (secondary N) is 1. The Morgan fingerprint density at radius 3 is 2.92 bits per heavy atom. The van der Waals surface area contributed by atoms with Crippen LogP contribution in [0.1, 0.15) is 30.9 Å². The van der Waals surface area contributed by atoms with Gasteiger partial charge in [0.25, 0.3) is 0 Å². The monoisotopic (exact) mass is 176 g/mol. The van der Waals surface area contributed by atoms with Gasteiger partial charge < -0.3 is 5.32 Å². The molecular weight excluding hydrogens is 160 g/mol. The van der Waals surface area contributed by atoms with Crippen molar-refractivity contribution in [3.63, 3.8) is 0 Å². The summed E-state index contributed by atoms with van der Waals surface area (Å²) >= 11 is 0. The van der Waals surface area contributed by atoms with Crippen LogP contribution in [-0.4, -0.2) is 10.5 Å². The van der Waals surface area contributed by atoms with Crippen molar-refractivity contribution in [1.29, 1.82) is 0 Å². The van der Waals surface area contributed by atoms with Gasteiger partial charge >= 0.3 is 0 Å². The number of hydrogen-bond donors (Lipinski definition) is 1. The van der Waals surface area contributed by atoms with Gasteiger partial charge in [-0.3, -0.25) is 4.98 Å². The Balaban J connectivity index is 1.97. The number of rotatable bonds is 3. The van der Waals surface area contributed by atoms with E-state index in [1.54, 1.807) is 0 Å². The number of aromatic nitrogens is 1. The third kappa shape index (κ3) is 2.07. The molecule has 2 heteroatoms. The molecule has 1 aromatic rings. The van der Waals surface area contributed by atoms with Crippen LogP contribution in [0.15, 0.2) is 18.5 Å². The van der Waals surface area contributed by atoms with Crippen molar-refractivity contribution in [2.75, 3.05) is 0 Å². The molecule has 2 rings (SSSR count). The molecule has 0 amide bonds. The van der Waals surface area contributed by atoms with Crippen molar-refractivity contribution in [3.05, 3.63) is 29.6 Å². The average Bonchev–Trinajstić information content (AvgIpc) is 2.83. The minimum absolute atomic E-state index is 0.419. The van der Waals surface area contributed by atoms with E-state index in [2.05, 4.69) is 30.2 Å². The molecule has 13 heavy (non-hydrogen) atoms. The van der Waals surface area contributed by atoms with Gasteiger partial charge in [0, 0.05) is 24.5 Å². The average molecular weight is 176 g/mol. The van der Waals surface area contributed by atoms with Crippen molar-refractivity contribution in [2.24, 2.45) is 0 Å². The molecule has 0 bridgehead atoms. The van der Waals surface area contributed by atoms with Crippen molar-refractivity contribution in [1.82, 2.24) is 10.3 Å². The minimum atomic E-state index is 0.419. The molecule has 0 aliphatic heterocycles. The van der Waals surface area contributed by atoms with E-state index in [1.165, 1.54) is 24.0 Å². The molecule has 1 heterocycles. The normalized spacial score (nSPS) is 18.6. The Morgan fingerprint density at radius 1 is 1.54 bits per heavy atom. The molecule has 2 nitrogen and oxygen atoms in total. The molecule has 1 fully saturated rings. The fourth-order valence-electron chi connectivity index (χ4n) is 1.35. The van der Waals surface area contributed by atoms with E-state index < -0.39 is 0 Å². The summed E-state index contributed by atoms with van der Waals surface area (Å²) in [5.74, 6) is 0. The van der Waals surface area contributed by atoms with Crippen LogP contribution in [0.4, 0.5) is 0 Å². The Morgan fingerprint density at radius 2 is 2.31 bits per heavy atom. The highest BCUT2D eigenvalue weighted by Gasteiger charge is 2.36. The summed E-state index contributed by atoms with van der Waals surface area (Å²) < 4.78 is 0. The first kappa shape index (κ1) is 8.70. The second-order valence-electron chi connectivity index (χ2n) is 4.22. The van der Waals surface area contributed by atoms with E-state index in [0.29, 0.717) is 5.54 Å². The van der Waals surface area contributed by atoms with Crippen molar-refractivity contribution in [2.45, 2.75) is 38.8 Å². The second-order valence-corrected chi connectivity index (χ2v) is 4.22. The molecule has 1 aliphatic rings. The predicted molar refractivity (Wildman–Crippen MR) is 53.5 cm³/mol. The molecule has 1 aromatic heterocycles. The van der Waals surface area contributed by atoms with E-state index >= 15 is 0 Å². The maximum absolute atomic E-state index is 4.13. The first-order valence-electron chi connectivity index (χ1n) is 4.84. The summed E-state index contributed by atoms with van der Waals surface area (Å²) in [7, 11) is 0. The van der Waals surface area contributed by atoms with Crippen LogP contribution in [0.5, 0.6) is 0 Å². The van der Waals surface area contributed by atoms with Gasteiger partial charge in [-0.05, 0) is 43.9 Å². The predicted octanol–water partition coefficient (Wildman–Crippen LogP) is 2.03. The van der Waals surface area contributed by atoms with E-state index in [9.17, 15) is 0 Å². The van der Waals surface area contributed by atoms with Gasteiger partial charge in [0.1, 0.15) is 0 Å². The van der Waals surface area contributed by atoms with Crippen LogP contribution in [0.25, 0.3) is 0 Å². The quantitative estimate of drug-likeness (QED) is 0.762. The van der Waals surface area contributed by atoms with Crippen molar-refractivity contribution < 1.29 is 0 Å². The van der Waals surface area contributed by atoms with Crippen LogP contribution >= 0.6 is 0 Å². The molecule has 70 valence electrons. The molecular formula is C11H16N2. The van der Waals surface area contributed by atoms with Gasteiger partial charge in [-0.25, -0.2) is 0 Å². The highest BCUT2D eigenvalue weighted by molar-refractivity contribution is 5.21. The van der Waals surface area contributed by atoms with Gasteiger partial charge in [-0.1, -0.05) is 0 Å². The number of aryl methyl sites for hydroxylation is 1. The lowest BCUT2D eigenvalue weighted by molar-refractivity contribution is 0.536. The van der Waals surface area contributed by atoms with Gasteiger partial charge in [0.2, 0.25) is 0 Å². The molecule has 0 spiro atoms. The topological polar surface area (TPSA) is 24.9 Å². The fourth-order valence-corrected chi connectivity index (χ4v) is 1.35. The molecule has 0 unspecified atom stereocenters. The van der Waals surface area contributed by atoms with Crippen LogP contribution in [-0.2, 0) is 6.54 Å². The Labute approximate surface area is 79.4 Å². The zero-order valence-electron chi connectivity index (χ0n) is 8.30. The fraction of sp³-hybridized carbons (Fsp3) is 0.545. The summed E-state index contributed by atoms with van der Waals surface area (Å²) in [5, 5.41) is 3.55. The first-order chi connectivity index (χ1) is 6.20. The molecule has 1 N–H and O–H groups in total. The maximum Gasteiger partial charge on any atom is 0.0315 e. The zero-order valence-corrected chi connectivity index (χ0v) is 8.30. The largest absolute Gasteiger partial charge is 0.307 e. The van der Waals surface area contributed by atoms with Crippen molar-refractivity contribution in [3.8, 4) is 0 Å². The third-order valence-electron chi connectivity index (χ3n) is 2.85. The standard InChI is InChI=1S/C11H16N2/c1-9-3-6-12-7-10(9)8-13-11(2)4-5-11/h3,6-7,13H,4-5,8H2,1-2H3. The molecule has 1 aliphatic carbocycles. The first-order valence-corrected chi connectivity index (χ1v) is 4.84. The highest BCUT2D eigenvalue weighted by atomic mass is 15.0. The van der Waals surface area contributed by atoms with Gasteiger partial charge in [0.15, 0.2) is 0 Å². The van der Waals surface area contributed by atoms with Crippen LogP contribution in [0.2, 0.25) is 0 Å². The zero-order chi connectivity index (χ0) is 9.31. The number of pyridine rings is 1. The molecule has 0 aromatic carbocycles. The summed E-state index contributed by atoms with van der Waals surface area (Å²) in [5.41, 5.74) is 3.06. The molecule has 0 atom stereocenters. The second kappa shape index (κ2) is 3.11. The van der Waals surface area contributed by atoms with E-state index in [-0.39, 0.29) is 0 Å². The molecule has 0 saturated heterocycles. The highest BCUT2D eigenvalue weighted by Crippen LogP contribution is 2.34. The minimum Gasteiger partial charge on any atom is -0.307 e. The lowest BCUT2D eigenvalue weighted by Crippen LogP contribution is -2.27. The summed E-state index contributed by atoms with van der Waals surface area (Å²) in [6.45, 7) is 5.36. The number of nitrogens with zero attached hydrogens (tertiary/aromatic N) is 1. The summed E-state index contributed by atoms with van der Waals surface area (Å²) in [6, 6.07) is 2.06. The van der Waals surface area contributed by atoms with E-state index in [4.69, 9.17) is 0 Å². The maximum atomic E-state index is 4.13. The third-order valence-corrected chi connectivity index (χ3v) is 2.85. The van der Waals surface area contributed by atoms with Crippen LogP contribution in [0.3, 0.4) is 0 Å². The smallest absolute Gasteiger partial charge is 0.0315 e. The summed E-state index contributed by atoms with van der Waals surface area (Å²) in [4.78, 5) is 4.13. The molecule has 1 saturated carbocycles. The van der Waals surface area contributed by atoms with Crippen LogP contribution in [0, 0.1) is 6.92 Å². The van der Waals surface area contributed by atoms with Crippen molar-refractivity contribution >= 4 is 0 Å². The lowest BCUT2D eigenvalue weighted by atomic mass is 10.1. The lowest BCUT2D eigenvalue weighted by Gasteiger charge is -2.12. The van der Waals surface area contributed by atoms with Gasteiger partial charge in [-0.15, -0.1) is 0 Å². The van der Waals surface area contributed by atoms with Gasteiger partial charge in [0.05, 0.1) is 0 Å². The SMILES string of the molecule is Cc1ccncc1CNC1(C)CC1.